The Hall–Kier alpha value is 2.13. The van der Waals surface area contributed by atoms with Crippen LogP contribution < -0.4 is 54.8 Å². The van der Waals surface area contributed by atoms with Crippen LogP contribution in [-0.4, -0.2) is 26.8 Å². The standard InChI is InChI=1S/K.2H2O.2O.Sb/h;2*1H2;;;/q+1;;;;-1;+2/p-2. The molecule has 0 aliphatic carbocycles. The molecule has 0 unspecified atom stereocenters. The van der Waals surface area contributed by atoms with Gasteiger partial charge in [0.2, 0.25) is 0 Å². The summed E-state index contributed by atoms with van der Waals surface area (Å²) in [5.41, 5.74) is 0. The molecule has 32 valence electrons. The first-order valence-corrected chi connectivity index (χ1v) is 5.13. The molecule has 6 heteroatoms. The van der Waals surface area contributed by atoms with Crippen molar-refractivity contribution in [3.8, 4) is 0 Å². The Morgan fingerprint density at radius 1 is 1.50 bits per heavy atom. The van der Waals surface area contributed by atoms with Gasteiger partial charge in [-0.1, -0.05) is 0 Å². The first-order chi connectivity index (χ1) is 2.00. The van der Waals surface area contributed by atoms with E-state index in [9.17, 15) is 0 Å². The Morgan fingerprint density at radius 2 is 1.50 bits per heavy atom. The summed E-state index contributed by atoms with van der Waals surface area (Å²) in [7, 11) is 0. The quantitative estimate of drug-likeness (QED) is 0.404. The molecular formula is H2KO4Sb. The van der Waals surface area contributed by atoms with Gasteiger partial charge in [0.25, 0.3) is 0 Å². The van der Waals surface area contributed by atoms with Crippen molar-refractivity contribution in [2.45, 2.75) is 0 Å². The molecule has 0 saturated carbocycles. The van der Waals surface area contributed by atoms with E-state index >= 15 is 0 Å². The van der Waals surface area contributed by atoms with E-state index in [1.54, 1.807) is 0 Å². The Morgan fingerprint density at radius 3 is 1.50 bits per heavy atom. The van der Waals surface area contributed by atoms with E-state index in [1.165, 1.54) is 0 Å². The molecule has 0 heterocycles. The second-order valence-corrected chi connectivity index (χ2v) is 3.29. The third kappa shape index (κ3) is 35.5. The van der Waals surface area contributed by atoms with Crippen molar-refractivity contribution in [2.24, 2.45) is 0 Å². The van der Waals surface area contributed by atoms with Gasteiger partial charge in [0.05, 0.1) is 0 Å². The van der Waals surface area contributed by atoms with Gasteiger partial charge in [0, 0.05) is 0 Å². The molecule has 0 rings (SSSR count). The second kappa shape index (κ2) is 4.06. The van der Waals surface area contributed by atoms with Crippen molar-refractivity contribution in [1.82, 2.24) is 0 Å². The van der Waals surface area contributed by atoms with Gasteiger partial charge in [0.15, 0.2) is 0 Å². The molecule has 0 amide bonds. The van der Waals surface area contributed by atoms with Crippen molar-refractivity contribution in [1.29, 1.82) is 0 Å². The summed E-state index contributed by atoms with van der Waals surface area (Å²) in [6, 6.07) is 0. The molecule has 0 atom stereocenters. The summed E-state index contributed by atoms with van der Waals surface area (Å²) in [6.45, 7) is 0. The second-order valence-electron chi connectivity index (χ2n) is 0.491. The molecule has 0 fully saturated rings. The van der Waals surface area contributed by atoms with E-state index < -0.39 is 20.1 Å². The summed E-state index contributed by atoms with van der Waals surface area (Å²) in [5.74, 6) is 0. The molecule has 0 spiro atoms. The Bertz CT molecular complexity index is 53.7. The van der Waals surface area contributed by atoms with Gasteiger partial charge < -0.3 is 0 Å². The van der Waals surface area contributed by atoms with Crippen LogP contribution in [0.4, 0.5) is 0 Å². The molecule has 0 radical (unpaired) electrons. The molecule has 6 heavy (non-hydrogen) atoms. The van der Waals surface area contributed by atoms with Gasteiger partial charge >= 0.3 is 84.6 Å². The SMILES string of the molecule is [K+].[O]=[Sb]([O-])([OH])[OH]. The molecule has 0 aromatic carbocycles. The molecule has 0 aromatic rings. The van der Waals surface area contributed by atoms with Crippen LogP contribution in [0.5, 0.6) is 0 Å². The minimum absolute atomic E-state index is 0. The minimum atomic E-state index is -5.60. The predicted molar refractivity (Wildman–Crippen MR) is 10.9 cm³/mol. The third-order valence-electron chi connectivity index (χ3n) is 0. The van der Waals surface area contributed by atoms with E-state index in [4.69, 9.17) is 13.2 Å². The summed E-state index contributed by atoms with van der Waals surface area (Å²) >= 11 is -5.60. The fraction of sp³-hybridized carbons (Fsp3) is 0. The van der Waals surface area contributed by atoms with E-state index in [2.05, 4.69) is 0 Å². The fourth-order valence-corrected chi connectivity index (χ4v) is 0. The zero-order valence-electron chi connectivity index (χ0n) is 3.16. The molecule has 2 N–H and O–H groups in total. The first-order valence-electron chi connectivity index (χ1n) is 0.765. The number of hydrogen-bond donors (Lipinski definition) is 2. The Labute approximate surface area is 82.7 Å². The van der Waals surface area contributed by atoms with Gasteiger partial charge in [-0.3, -0.25) is 0 Å². The summed E-state index contributed by atoms with van der Waals surface area (Å²) in [6.07, 6.45) is 0. The van der Waals surface area contributed by atoms with E-state index in [0.717, 1.165) is 0 Å². The maximum absolute atomic E-state index is 8.86. The normalized spacial score (nSPS) is 9.83. The topological polar surface area (TPSA) is 80.6 Å². The van der Waals surface area contributed by atoms with Crippen molar-refractivity contribution >= 4 is 20.1 Å². The zero-order valence-corrected chi connectivity index (χ0v) is 8.83. The van der Waals surface area contributed by atoms with Crippen molar-refractivity contribution in [3.05, 3.63) is 0 Å². The number of hydrogen-bond acceptors (Lipinski definition) is 2. The van der Waals surface area contributed by atoms with Crippen LogP contribution in [0, 0.1) is 0 Å². The number of rotatable bonds is 0. The van der Waals surface area contributed by atoms with Crippen LogP contribution in [0.1, 0.15) is 0 Å². The van der Waals surface area contributed by atoms with E-state index in [-0.39, 0.29) is 51.4 Å². The molecule has 0 aliphatic rings. The van der Waals surface area contributed by atoms with Gasteiger partial charge in [-0.2, -0.15) is 0 Å². The van der Waals surface area contributed by atoms with E-state index in [0.29, 0.717) is 0 Å². The molecule has 0 bridgehead atoms. The van der Waals surface area contributed by atoms with Gasteiger partial charge in [-0.05, 0) is 0 Å². The van der Waals surface area contributed by atoms with Gasteiger partial charge in [0.1, 0.15) is 0 Å². The van der Waals surface area contributed by atoms with Gasteiger partial charge in [-0.25, -0.2) is 0 Å². The van der Waals surface area contributed by atoms with Gasteiger partial charge in [-0.15, -0.1) is 0 Å². The van der Waals surface area contributed by atoms with Crippen LogP contribution in [0.3, 0.4) is 0 Å². The zero-order chi connectivity index (χ0) is 4.50. The average Bonchev–Trinajstić information content (AvgIpc) is 0.722. The molecule has 0 aromatic heterocycles. The van der Waals surface area contributed by atoms with Crippen LogP contribution in [-0.2, 0) is 3.02 Å². The molecule has 4 nitrogen and oxygen atoms in total. The van der Waals surface area contributed by atoms with Crippen LogP contribution >= 0.6 is 0 Å². The van der Waals surface area contributed by atoms with Crippen LogP contribution in [0.2, 0.25) is 0 Å². The van der Waals surface area contributed by atoms with Crippen molar-refractivity contribution in [2.75, 3.05) is 0 Å². The predicted octanol–water partition coefficient (Wildman–Crippen LogP) is -5.80. The van der Waals surface area contributed by atoms with Crippen LogP contribution in [0.15, 0.2) is 0 Å². The molecule has 0 aliphatic heterocycles. The fourth-order valence-electron chi connectivity index (χ4n) is 0. The molecular weight excluding hydrogens is 225 g/mol. The third-order valence-corrected chi connectivity index (χ3v) is 0. The monoisotopic (exact) mass is 226 g/mol. The first kappa shape index (κ1) is 11.0. The van der Waals surface area contributed by atoms with E-state index in [1.807, 2.05) is 0 Å². The summed E-state index contributed by atoms with van der Waals surface area (Å²) in [5, 5.41) is 0. The summed E-state index contributed by atoms with van der Waals surface area (Å²) in [4.78, 5) is 0. The van der Waals surface area contributed by atoms with Crippen LogP contribution in [0.25, 0.3) is 0 Å². The van der Waals surface area contributed by atoms with Crippen molar-refractivity contribution < 1.29 is 64.6 Å². The molecule has 0 saturated heterocycles. The summed E-state index contributed by atoms with van der Waals surface area (Å²) < 4.78 is 32.0. The Kier molecular flexibility index (Phi) is 7.44. The van der Waals surface area contributed by atoms with Crippen molar-refractivity contribution in [3.63, 3.8) is 0 Å². The Balaban J connectivity index is 0. The average molecular weight is 227 g/mol. The maximum atomic E-state index is 8.86.